The Balaban J connectivity index is 1.84. The van der Waals surface area contributed by atoms with E-state index in [4.69, 9.17) is 0 Å². The first-order valence-electron chi connectivity index (χ1n) is 5.77. The Morgan fingerprint density at radius 2 is 1.67 bits per heavy atom. The summed E-state index contributed by atoms with van der Waals surface area (Å²) in [5, 5.41) is 3.18. The van der Waals surface area contributed by atoms with Crippen LogP contribution in [0.3, 0.4) is 0 Å². The lowest BCUT2D eigenvalue weighted by atomic mass is 9.74. The minimum atomic E-state index is 0.319. The fourth-order valence-corrected chi connectivity index (χ4v) is 4.69. The van der Waals surface area contributed by atoms with Crippen LogP contribution in [0.2, 0.25) is 0 Å². The van der Waals surface area contributed by atoms with Crippen LogP contribution in [-0.2, 0) is 4.79 Å². The van der Waals surface area contributed by atoms with Gasteiger partial charge in [-0.3, -0.25) is 4.79 Å². The van der Waals surface area contributed by atoms with Crippen LogP contribution in [0.25, 0.3) is 0 Å². The average molecular weight is 197 g/mol. The second kappa shape index (κ2) is 1.84. The molecular formula is C13H11NO. The first kappa shape index (κ1) is 7.04. The summed E-state index contributed by atoms with van der Waals surface area (Å²) in [6.45, 7) is 0. The van der Waals surface area contributed by atoms with Gasteiger partial charge >= 0.3 is 0 Å². The molecule has 0 spiro atoms. The van der Waals surface area contributed by atoms with Crippen molar-refractivity contribution in [3.8, 4) is 0 Å². The number of rotatable bonds is 0. The fraction of sp³-hybridized carbons (Fsp3) is 0.462. The van der Waals surface area contributed by atoms with Gasteiger partial charge < -0.3 is 5.32 Å². The van der Waals surface area contributed by atoms with Gasteiger partial charge in [0.25, 0.3) is 0 Å². The molecule has 1 aromatic carbocycles. The largest absolute Gasteiger partial charge is 0.352 e. The topological polar surface area (TPSA) is 29.1 Å². The number of hydrogen-bond donors (Lipinski definition) is 1. The predicted octanol–water partition coefficient (Wildman–Crippen LogP) is 1.24. The van der Waals surface area contributed by atoms with Gasteiger partial charge in [-0.15, -0.1) is 0 Å². The zero-order valence-electron chi connectivity index (χ0n) is 8.18. The summed E-state index contributed by atoms with van der Waals surface area (Å²) in [5.74, 6) is 3.34. The van der Waals surface area contributed by atoms with Crippen LogP contribution in [0.15, 0.2) is 24.3 Å². The van der Waals surface area contributed by atoms with Crippen LogP contribution < -0.4 is 5.32 Å². The maximum atomic E-state index is 11.8. The lowest BCUT2D eigenvalue weighted by Crippen LogP contribution is -2.33. The second-order valence-corrected chi connectivity index (χ2v) is 5.40. The minimum Gasteiger partial charge on any atom is -0.352 e. The highest BCUT2D eigenvalue weighted by Crippen LogP contribution is 2.76. The molecular weight excluding hydrogens is 186 g/mol. The van der Waals surface area contributed by atoms with Gasteiger partial charge in [-0.05, 0) is 28.9 Å². The van der Waals surface area contributed by atoms with E-state index in [0.29, 0.717) is 35.6 Å². The maximum Gasteiger partial charge on any atom is 0.224 e. The molecule has 74 valence electrons. The maximum absolute atomic E-state index is 11.8. The molecule has 6 atom stereocenters. The van der Waals surface area contributed by atoms with E-state index >= 15 is 0 Å². The van der Waals surface area contributed by atoms with E-state index in [1.165, 1.54) is 5.56 Å². The molecule has 1 aliphatic heterocycles. The van der Waals surface area contributed by atoms with Gasteiger partial charge in [-0.2, -0.15) is 0 Å². The summed E-state index contributed by atoms with van der Waals surface area (Å²) in [5.41, 5.74) is 3.00. The molecule has 1 aromatic rings. The molecule has 0 aromatic heterocycles. The minimum absolute atomic E-state index is 0.319. The summed E-state index contributed by atoms with van der Waals surface area (Å²) in [6, 6.07) is 9.22. The SMILES string of the molecule is O=C1N[C@H]2[C@H]3c4ccccc4[C@@H]4[C@@H]2[C@@H]4[C@@H]13. The highest BCUT2D eigenvalue weighted by atomic mass is 16.2. The molecule has 2 nitrogen and oxygen atoms in total. The van der Waals surface area contributed by atoms with Crippen LogP contribution in [0.4, 0.5) is 0 Å². The quantitative estimate of drug-likeness (QED) is 0.666. The average Bonchev–Trinajstić information content (AvgIpc) is 2.84. The van der Waals surface area contributed by atoms with Crippen molar-refractivity contribution in [2.45, 2.75) is 17.9 Å². The van der Waals surface area contributed by atoms with E-state index < -0.39 is 0 Å². The third-order valence-corrected chi connectivity index (χ3v) is 5.06. The molecule has 3 fully saturated rings. The molecule has 0 unspecified atom stereocenters. The molecule has 2 saturated carbocycles. The fourth-order valence-electron chi connectivity index (χ4n) is 4.69. The van der Waals surface area contributed by atoms with E-state index in [1.807, 2.05) is 0 Å². The molecule has 1 N–H and O–H groups in total. The molecule has 1 saturated heterocycles. The molecule has 1 amide bonds. The number of nitrogens with one attached hydrogen (secondary N) is 1. The van der Waals surface area contributed by atoms with Crippen molar-refractivity contribution in [1.29, 1.82) is 0 Å². The molecule has 1 heterocycles. The van der Waals surface area contributed by atoms with Crippen molar-refractivity contribution in [3.05, 3.63) is 35.4 Å². The third-order valence-electron chi connectivity index (χ3n) is 5.06. The summed E-state index contributed by atoms with van der Waals surface area (Å²) in [4.78, 5) is 11.8. The zero-order chi connectivity index (χ0) is 9.73. The van der Waals surface area contributed by atoms with Crippen molar-refractivity contribution < 1.29 is 4.79 Å². The van der Waals surface area contributed by atoms with Crippen LogP contribution in [0, 0.1) is 17.8 Å². The van der Waals surface area contributed by atoms with E-state index in [1.54, 1.807) is 5.56 Å². The molecule has 2 heteroatoms. The third kappa shape index (κ3) is 0.543. The molecule has 15 heavy (non-hydrogen) atoms. The zero-order valence-corrected chi connectivity index (χ0v) is 8.18. The molecule has 6 rings (SSSR count). The Hall–Kier alpha value is -1.31. The smallest absolute Gasteiger partial charge is 0.224 e. The van der Waals surface area contributed by atoms with Gasteiger partial charge in [0.2, 0.25) is 5.91 Å². The standard InChI is InChI=1S/C13H11NO/c15-13-11-8-6-4-2-1-3-5(6)7-9(11)10(7)12(8)14-13/h1-4,7-12H,(H,14,15)/t7-,8-,9+,10+,11-,12-/m0/s1. The number of benzene rings is 1. The number of amides is 1. The van der Waals surface area contributed by atoms with E-state index in [9.17, 15) is 4.79 Å². The highest BCUT2D eigenvalue weighted by molar-refractivity contribution is 5.88. The Morgan fingerprint density at radius 3 is 2.40 bits per heavy atom. The van der Waals surface area contributed by atoms with Crippen LogP contribution >= 0.6 is 0 Å². The van der Waals surface area contributed by atoms with Crippen LogP contribution in [0.1, 0.15) is 23.0 Å². The monoisotopic (exact) mass is 197 g/mol. The van der Waals surface area contributed by atoms with Gasteiger partial charge in [-0.25, -0.2) is 0 Å². The number of hydrogen-bond acceptors (Lipinski definition) is 1. The lowest BCUT2D eigenvalue weighted by molar-refractivity contribution is -0.124. The Kier molecular flexibility index (Phi) is 0.865. The van der Waals surface area contributed by atoms with E-state index in [0.717, 1.165) is 5.92 Å². The first-order valence-corrected chi connectivity index (χ1v) is 5.77. The molecule has 5 aliphatic rings. The van der Waals surface area contributed by atoms with Gasteiger partial charge in [-0.1, -0.05) is 24.3 Å². The van der Waals surface area contributed by atoms with Gasteiger partial charge in [0.05, 0.1) is 5.92 Å². The normalized spacial score (nSPS) is 51.3. The Bertz CT molecular complexity index is 509. The Morgan fingerprint density at radius 1 is 0.933 bits per heavy atom. The van der Waals surface area contributed by atoms with Crippen molar-refractivity contribution >= 4 is 5.91 Å². The molecule has 4 aliphatic carbocycles. The predicted molar refractivity (Wildman–Crippen MR) is 54.3 cm³/mol. The van der Waals surface area contributed by atoms with Crippen molar-refractivity contribution in [1.82, 2.24) is 5.32 Å². The lowest BCUT2D eigenvalue weighted by Gasteiger charge is -2.29. The number of carbonyl (C=O) groups excluding carboxylic acids is 1. The molecule has 0 radical (unpaired) electrons. The molecule has 6 bridgehead atoms. The number of carbonyl (C=O) groups is 1. The van der Waals surface area contributed by atoms with Crippen molar-refractivity contribution in [2.24, 2.45) is 17.8 Å². The van der Waals surface area contributed by atoms with Gasteiger partial charge in [0.1, 0.15) is 0 Å². The van der Waals surface area contributed by atoms with Crippen LogP contribution in [-0.4, -0.2) is 11.9 Å². The van der Waals surface area contributed by atoms with Crippen molar-refractivity contribution in [2.75, 3.05) is 0 Å². The summed E-state index contributed by atoms with van der Waals surface area (Å²) < 4.78 is 0. The first-order chi connectivity index (χ1) is 7.38. The highest BCUT2D eigenvalue weighted by Gasteiger charge is 2.76. The van der Waals surface area contributed by atoms with Crippen molar-refractivity contribution in [3.63, 3.8) is 0 Å². The Labute approximate surface area is 87.7 Å². The summed E-state index contributed by atoms with van der Waals surface area (Å²) in [7, 11) is 0. The van der Waals surface area contributed by atoms with E-state index in [-0.39, 0.29) is 0 Å². The second-order valence-electron chi connectivity index (χ2n) is 5.40. The van der Waals surface area contributed by atoms with E-state index in [2.05, 4.69) is 29.6 Å². The van der Waals surface area contributed by atoms with Gasteiger partial charge in [0, 0.05) is 12.0 Å². The summed E-state index contributed by atoms with van der Waals surface area (Å²) >= 11 is 0. The van der Waals surface area contributed by atoms with Crippen LogP contribution in [0.5, 0.6) is 0 Å². The van der Waals surface area contributed by atoms with Gasteiger partial charge in [0.15, 0.2) is 0 Å². The summed E-state index contributed by atoms with van der Waals surface area (Å²) in [6.07, 6.45) is 0. The number of piperidine rings is 1.